The average molecular weight is 300 g/mol. The molecule has 0 radical (unpaired) electrons. The first-order chi connectivity index (χ1) is 10.6. The molecule has 22 heavy (non-hydrogen) atoms. The summed E-state index contributed by atoms with van der Waals surface area (Å²) >= 11 is 0. The summed E-state index contributed by atoms with van der Waals surface area (Å²) in [5.74, 6) is 0.524. The van der Waals surface area contributed by atoms with Crippen molar-refractivity contribution in [3.8, 4) is 11.9 Å². The Morgan fingerprint density at radius 3 is 2.59 bits per heavy atom. The Morgan fingerprint density at radius 1 is 1.36 bits per heavy atom. The van der Waals surface area contributed by atoms with E-state index in [2.05, 4.69) is 15.6 Å². The standard InChI is InChI=1S/C15H16N4O3/c1-9-12(14(20)22-3)13(19-15(18-9)17-8-16)10-4-6-11(21-2)7-5-10/h4-7,13H,1-3H3,(H2,17,18,19)/t13-/m0/s1. The van der Waals surface area contributed by atoms with Crippen LogP contribution in [0.1, 0.15) is 18.5 Å². The maximum Gasteiger partial charge on any atom is 0.338 e. The van der Waals surface area contributed by atoms with Crippen LogP contribution in [0.4, 0.5) is 0 Å². The van der Waals surface area contributed by atoms with E-state index in [0.717, 1.165) is 5.56 Å². The van der Waals surface area contributed by atoms with Gasteiger partial charge in [0.1, 0.15) is 11.8 Å². The minimum Gasteiger partial charge on any atom is -0.497 e. The number of hydrogen-bond donors (Lipinski definition) is 2. The van der Waals surface area contributed by atoms with Gasteiger partial charge in [-0.2, -0.15) is 5.26 Å². The van der Waals surface area contributed by atoms with Gasteiger partial charge in [0.2, 0.25) is 5.96 Å². The zero-order valence-corrected chi connectivity index (χ0v) is 12.5. The van der Waals surface area contributed by atoms with Crippen LogP contribution in [0.15, 0.2) is 40.5 Å². The predicted octanol–water partition coefficient (Wildman–Crippen LogP) is 1.21. The molecule has 114 valence electrons. The number of nitriles is 1. The molecular weight excluding hydrogens is 284 g/mol. The highest BCUT2D eigenvalue weighted by atomic mass is 16.5. The fraction of sp³-hybridized carbons (Fsp3) is 0.267. The molecule has 0 amide bonds. The summed E-state index contributed by atoms with van der Waals surface area (Å²) in [7, 11) is 2.90. The fourth-order valence-corrected chi connectivity index (χ4v) is 2.19. The van der Waals surface area contributed by atoms with Gasteiger partial charge in [-0.1, -0.05) is 12.1 Å². The molecule has 0 aliphatic carbocycles. The Labute approximate surface area is 128 Å². The zero-order valence-electron chi connectivity index (χ0n) is 12.5. The summed E-state index contributed by atoms with van der Waals surface area (Å²) in [5, 5.41) is 14.1. The first kappa shape index (κ1) is 15.4. The minimum absolute atomic E-state index is 0.286. The summed E-state index contributed by atoms with van der Waals surface area (Å²) in [6.07, 6.45) is 1.80. The fourth-order valence-electron chi connectivity index (χ4n) is 2.19. The molecule has 1 aliphatic heterocycles. The lowest BCUT2D eigenvalue weighted by atomic mass is 9.96. The lowest BCUT2D eigenvalue weighted by molar-refractivity contribution is -0.136. The maximum absolute atomic E-state index is 12.0. The molecular formula is C15H16N4O3. The van der Waals surface area contributed by atoms with Crippen molar-refractivity contribution in [2.45, 2.75) is 13.0 Å². The summed E-state index contributed by atoms with van der Waals surface area (Å²) in [6, 6.07) is 6.65. The molecule has 0 bridgehead atoms. The van der Waals surface area contributed by atoms with Crippen LogP contribution >= 0.6 is 0 Å². The van der Waals surface area contributed by atoms with Crippen LogP contribution in [0.5, 0.6) is 5.75 Å². The van der Waals surface area contributed by atoms with Gasteiger partial charge in [-0.25, -0.2) is 9.79 Å². The number of guanidine groups is 1. The summed E-state index contributed by atoms with van der Waals surface area (Å²) in [4.78, 5) is 16.4. The number of carbonyl (C=O) groups is 1. The number of allylic oxidation sites excluding steroid dienone is 1. The van der Waals surface area contributed by atoms with E-state index in [0.29, 0.717) is 17.0 Å². The molecule has 2 rings (SSSR count). The van der Waals surface area contributed by atoms with Gasteiger partial charge in [0, 0.05) is 5.70 Å². The summed E-state index contributed by atoms with van der Waals surface area (Å²) in [6.45, 7) is 1.73. The zero-order chi connectivity index (χ0) is 16.1. The van der Waals surface area contributed by atoms with Crippen LogP contribution in [0.3, 0.4) is 0 Å². The lowest BCUT2D eigenvalue weighted by Crippen LogP contribution is -2.39. The first-order valence-corrected chi connectivity index (χ1v) is 6.53. The number of benzene rings is 1. The van der Waals surface area contributed by atoms with E-state index in [4.69, 9.17) is 14.7 Å². The third kappa shape index (κ3) is 3.01. The van der Waals surface area contributed by atoms with E-state index < -0.39 is 12.0 Å². The van der Waals surface area contributed by atoms with Gasteiger partial charge >= 0.3 is 5.97 Å². The quantitative estimate of drug-likeness (QED) is 0.495. The van der Waals surface area contributed by atoms with Gasteiger partial charge in [0.15, 0.2) is 6.19 Å². The van der Waals surface area contributed by atoms with Crippen molar-refractivity contribution < 1.29 is 14.3 Å². The van der Waals surface area contributed by atoms with Crippen molar-refractivity contribution in [2.24, 2.45) is 4.99 Å². The van der Waals surface area contributed by atoms with Crippen molar-refractivity contribution in [3.63, 3.8) is 0 Å². The topological polar surface area (TPSA) is 95.7 Å². The SMILES string of the molecule is COC(=O)C1=C(C)NC(NC#N)=N[C@H]1c1ccc(OC)cc1. The van der Waals surface area contributed by atoms with E-state index in [1.807, 2.05) is 12.1 Å². The third-order valence-electron chi connectivity index (χ3n) is 3.25. The molecule has 7 nitrogen and oxygen atoms in total. The van der Waals surface area contributed by atoms with Crippen LogP contribution in [-0.2, 0) is 9.53 Å². The Hall–Kier alpha value is -3.01. The van der Waals surface area contributed by atoms with Crippen LogP contribution in [-0.4, -0.2) is 26.1 Å². The highest BCUT2D eigenvalue weighted by Gasteiger charge is 2.29. The second kappa shape index (κ2) is 6.63. The number of ether oxygens (including phenoxy) is 2. The first-order valence-electron chi connectivity index (χ1n) is 6.53. The van der Waals surface area contributed by atoms with Gasteiger partial charge < -0.3 is 14.8 Å². The molecule has 0 saturated heterocycles. The highest BCUT2D eigenvalue weighted by molar-refractivity contribution is 5.95. The maximum atomic E-state index is 12.0. The normalized spacial score (nSPS) is 17.0. The third-order valence-corrected chi connectivity index (χ3v) is 3.25. The molecule has 0 aromatic heterocycles. The van der Waals surface area contributed by atoms with E-state index >= 15 is 0 Å². The highest BCUT2D eigenvalue weighted by Crippen LogP contribution is 2.31. The van der Waals surface area contributed by atoms with E-state index in [1.54, 1.807) is 32.4 Å². The van der Waals surface area contributed by atoms with Crippen LogP contribution in [0.25, 0.3) is 0 Å². The average Bonchev–Trinajstić information content (AvgIpc) is 2.54. The van der Waals surface area contributed by atoms with Crippen LogP contribution in [0, 0.1) is 11.5 Å². The Morgan fingerprint density at radius 2 is 2.05 bits per heavy atom. The van der Waals surface area contributed by atoms with Crippen molar-refractivity contribution in [1.82, 2.24) is 10.6 Å². The Balaban J connectivity index is 2.46. The van der Waals surface area contributed by atoms with E-state index in [9.17, 15) is 4.79 Å². The summed E-state index contributed by atoms with van der Waals surface area (Å²) < 4.78 is 9.96. The molecule has 2 N–H and O–H groups in total. The van der Waals surface area contributed by atoms with Crippen LogP contribution in [0.2, 0.25) is 0 Å². The van der Waals surface area contributed by atoms with Crippen molar-refractivity contribution in [2.75, 3.05) is 14.2 Å². The molecule has 7 heteroatoms. The van der Waals surface area contributed by atoms with Crippen molar-refractivity contribution >= 4 is 11.9 Å². The smallest absolute Gasteiger partial charge is 0.338 e. The predicted molar refractivity (Wildman–Crippen MR) is 79.8 cm³/mol. The summed E-state index contributed by atoms with van der Waals surface area (Å²) in [5.41, 5.74) is 1.77. The number of aliphatic imine (C=N–C) groups is 1. The molecule has 0 saturated carbocycles. The molecule has 0 fully saturated rings. The van der Waals surface area contributed by atoms with E-state index in [-0.39, 0.29) is 5.96 Å². The van der Waals surface area contributed by atoms with Crippen LogP contribution < -0.4 is 15.4 Å². The number of nitrogens with one attached hydrogen (secondary N) is 2. The molecule has 1 aromatic carbocycles. The number of rotatable bonds is 3. The van der Waals surface area contributed by atoms with Gasteiger partial charge in [-0.05, 0) is 24.6 Å². The Kier molecular flexibility index (Phi) is 4.63. The second-order valence-corrected chi connectivity index (χ2v) is 4.55. The number of methoxy groups -OCH3 is 2. The monoisotopic (exact) mass is 300 g/mol. The molecule has 0 unspecified atom stereocenters. The molecule has 1 aromatic rings. The van der Waals surface area contributed by atoms with Gasteiger partial charge in [0.25, 0.3) is 0 Å². The molecule has 1 atom stereocenters. The van der Waals surface area contributed by atoms with Gasteiger partial charge in [0.05, 0.1) is 19.8 Å². The largest absolute Gasteiger partial charge is 0.497 e. The number of nitrogens with zero attached hydrogens (tertiary/aromatic N) is 2. The number of hydrogen-bond acceptors (Lipinski definition) is 7. The molecule has 1 aliphatic rings. The van der Waals surface area contributed by atoms with E-state index in [1.165, 1.54) is 7.11 Å². The van der Waals surface area contributed by atoms with Crippen molar-refractivity contribution in [3.05, 3.63) is 41.1 Å². The Bertz CT molecular complexity index is 671. The number of esters is 1. The van der Waals surface area contributed by atoms with Gasteiger partial charge in [-0.15, -0.1) is 0 Å². The number of carbonyl (C=O) groups excluding carboxylic acids is 1. The lowest BCUT2D eigenvalue weighted by Gasteiger charge is -2.25. The van der Waals surface area contributed by atoms with Crippen molar-refractivity contribution in [1.29, 1.82) is 5.26 Å². The second-order valence-electron chi connectivity index (χ2n) is 4.55. The molecule has 1 heterocycles. The minimum atomic E-state index is -0.560. The van der Waals surface area contributed by atoms with Gasteiger partial charge in [-0.3, -0.25) is 5.32 Å². The molecule has 0 spiro atoms.